The second kappa shape index (κ2) is 8.84. The summed E-state index contributed by atoms with van der Waals surface area (Å²) in [5.74, 6) is 0.560. The highest BCUT2D eigenvalue weighted by Gasteiger charge is 2.14. The van der Waals surface area contributed by atoms with Gasteiger partial charge in [0.2, 0.25) is 0 Å². The molecule has 0 aliphatic rings. The van der Waals surface area contributed by atoms with E-state index in [0.29, 0.717) is 17.4 Å². The molecule has 138 valence electrons. The van der Waals surface area contributed by atoms with Crippen molar-refractivity contribution in [1.29, 1.82) is 0 Å². The number of hydrogen-bond donors (Lipinski definition) is 1. The highest BCUT2D eigenvalue weighted by molar-refractivity contribution is 5.91. The number of amides is 1. The third kappa shape index (κ3) is 4.95. The third-order valence-corrected chi connectivity index (χ3v) is 4.09. The fourth-order valence-electron chi connectivity index (χ4n) is 2.36. The van der Waals surface area contributed by atoms with Crippen molar-refractivity contribution in [3.63, 3.8) is 0 Å². The number of benzene rings is 2. The lowest BCUT2D eigenvalue weighted by Gasteiger charge is -2.12. The number of nitrogens with zero attached hydrogens (tertiary/aromatic N) is 1. The fraction of sp³-hybridized carbons (Fsp3) is 0.316. The van der Waals surface area contributed by atoms with E-state index in [1.807, 2.05) is 24.3 Å². The summed E-state index contributed by atoms with van der Waals surface area (Å²) < 4.78 is 10.5. The van der Waals surface area contributed by atoms with Crippen LogP contribution in [0.25, 0.3) is 0 Å². The Labute approximate surface area is 152 Å². The van der Waals surface area contributed by atoms with E-state index in [2.05, 4.69) is 19.2 Å². The van der Waals surface area contributed by atoms with Gasteiger partial charge in [0.05, 0.1) is 18.1 Å². The van der Waals surface area contributed by atoms with Crippen molar-refractivity contribution in [1.82, 2.24) is 0 Å². The molecule has 0 aliphatic carbocycles. The summed E-state index contributed by atoms with van der Waals surface area (Å²) >= 11 is 0. The van der Waals surface area contributed by atoms with Gasteiger partial charge in [-0.2, -0.15) is 0 Å². The van der Waals surface area contributed by atoms with Gasteiger partial charge in [0.15, 0.2) is 18.1 Å². The minimum atomic E-state index is -0.536. The van der Waals surface area contributed by atoms with E-state index in [0.717, 1.165) is 6.42 Å². The Hall–Kier alpha value is -3.09. The Morgan fingerprint density at radius 2 is 1.88 bits per heavy atom. The van der Waals surface area contributed by atoms with Gasteiger partial charge in [-0.05, 0) is 36.1 Å². The zero-order chi connectivity index (χ0) is 19.1. The molecule has 0 radical (unpaired) electrons. The lowest BCUT2D eigenvalue weighted by atomic mass is 9.99. The SMILES string of the molecule is CC[C@H](C)c1ccc(NC(=O)COc2cc([N+](=O)[O-])ccc2OC)cc1. The number of rotatable bonds is 8. The Balaban J connectivity index is 1.98. The van der Waals surface area contributed by atoms with E-state index in [1.165, 1.54) is 30.9 Å². The predicted molar refractivity (Wildman–Crippen MR) is 98.9 cm³/mol. The van der Waals surface area contributed by atoms with Crippen molar-refractivity contribution in [2.75, 3.05) is 19.0 Å². The van der Waals surface area contributed by atoms with Crippen LogP contribution in [0.2, 0.25) is 0 Å². The quantitative estimate of drug-likeness (QED) is 0.566. The number of ether oxygens (including phenoxy) is 2. The number of methoxy groups -OCH3 is 1. The van der Waals surface area contributed by atoms with Crippen LogP contribution in [0.1, 0.15) is 31.7 Å². The van der Waals surface area contributed by atoms with Crippen LogP contribution in [0.4, 0.5) is 11.4 Å². The van der Waals surface area contributed by atoms with Crippen molar-refractivity contribution in [2.45, 2.75) is 26.2 Å². The van der Waals surface area contributed by atoms with Gasteiger partial charge >= 0.3 is 0 Å². The maximum Gasteiger partial charge on any atom is 0.273 e. The molecule has 1 atom stereocenters. The third-order valence-electron chi connectivity index (χ3n) is 4.09. The first-order chi connectivity index (χ1) is 12.4. The van der Waals surface area contributed by atoms with Crippen LogP contribution in [0.15, 0.2) is 42.5 Å². The summed E-state index contributed by atoms with van der Waals surface area (Å²) in [5.41, 5.74) is 1.74. The average molecular weight is 358 g/mol. The molecule has 26 heavy (non-hydrogen) atoms. The van der Waals surface area contributed by atoms with E-state index < -0.39 is 4.92 Å². The zero-order valence-corrected chi connectivity index (χ0v) is 15.0. The summed E-state index contributed by atoms with van der Waals surface area (Å²) in [7, 11) is 1.42. The Kier molecular flexibility index (Phi) is 6.54. The molecule has 7 heteroatoms. The topological polar surface area (TPSA) is 90.7 Å². The molecule has 0 bridgehead atoms. The molecule has 0 aromatic heterocycles. The zero-order valence-electron chi connectivity index (χ0n) is 15.0. The summed E-state index contributed by atoms with van der Waals surface area (Å²) in [6.07, 6.45) is 1.05. The fourth-order valence-corrected chi connectivity index (χ4v) is 2.36. The van der Waals surface area contributed by atoms with Gasteiger partial charge in [0, 0.05) is 11.8 Å². The van der Waals surface area contributed by atoms with Gasteiger partial charge in [0.1, 0.15) is 0 Å². The molecule has 2 aromatic carbocycles. The first-order valence-corrected chi connectivity index (χ1v) is 8.29. The molecule has 1 N–H and O–H groups in total. The highest BCUT2D eigenvalue weighted by atomic mass is 16.6. The molecule has 0 aliphatic heterocycles. The number of nitrogens with one attached hydrogen (secondary N) is 1. The number of nitro benzene ring substituents is 1. The smallest absolute Gasteiger partial charge is 0.273 e. The Bertz CT molecular complexity index is 774. The average Bonchev–Trinajstić information content (AvgIpc) is 2.66. The second-order valence-corrected chi connectivity index (χ2v) is 5.86. The lowest BCUT2D eigenvalue weighted by molar-refractivity contribution is -0.385. The molecule has 0 unspecified atom stereocenters. The number of anilines is 1. The van der Waals surface area contributed by atoms with Crippen molar-refractivity contribution >= 4 is 17.3 Å². The van der Waals surface area contributed by atoms with Crippen molar-refractivity contribution in [3.8, 4) is 11.5 Å². The number of non-ortho nitro benzene ring substituents is 1. The van der Waals surface area contributed by atoms with Gasteiger partial charge in [-0.1, -0.05) is 26.0 Å². The minimum Gasteiger partial charge on any atom is -0.493 e. The molecule has 7 nitrogen and oxygen atoms in total. The van der Waals surface area contributed by atoms with E-state index in [9.17, 15) is 14.9 Å². The maximum absolute atomic E-state index is 12.1. The molecule has 0 saturated carbocycles. The van der Waals surface area contributed by atoms with Crippen LogP contribution in [0, 0.1) is 10.1 Å². The molecular weight excluding hydrogens is 336 g/mol. The standard InChI is InChI=1S/C19H22N2O5/c1-4-13(2)14-5-7-15(8-6-14)20-19(22)12-26-18-11-16(21(23)24)9-10-17(18)25-3/h5-11,13H,4,12H2,1-3H3,(H,20,22)/t13-/m0/s1. The first kappa shape index (κ1) is 19.2. The van der Waals surface area contributed by atoms with Gasteiger partial charge in [-0.25, -0.2) is 0 Å². The Morgan fingerprint density at radius 3 is 2.46 bits per heavy atom. The van der Waals surface area contributed by atoms with Gasteiger partial charge in [-0.3, -0.25) is 14.9 Å². The number of nitro groups is 1. The largest absolute Gasteiger partial charge is 0.493 e. The molecule has 0 spiro atoms. The monoisotopic (exact) mass is 358 g/mol. The van der Waals surface area contributed by atoms with Crippen LogP contribution in [-0.2, 0) is 4.79 Å². The molecular formula is C19H22N2O5. The van der Waals surface area contributed by atoms with Crippen LogP contribution in [0.5, 0.6) is 11.5 Å². The first-order valence-electron chi connectivity index (χ1n) is 8.29. The molecule has 0 saturated heterocycles. The molecule has 1 amide bonds. The van der Waals surface area contributed by atoms with Gasteiger partial charge in [0.25, 0.3) is 11.6 Å². The predicted octanol–water partition coefficient (Wildman–Crippen LogP) is 4.13. The number of hydrogen-bond acceptors (Lipinski definition) is 5. The second-order valence-electron chi connectivity index (χ2n) is 5.86. The van der Waals surface area contributed by atoms with Crippen molar-refractivity contribution in [2.24, 2.45) is 0 Å². The maximum atomic E-state index is 12.1. The van der Waals surface area contributed by atoms with Crippen LogP contribution in [-0.4, -0.2) is 24.5 Å². The number of carbonyl (C=O) groups excluding carboxylic acids is 1. The van der Waals surface area contributed by atoms with E-state index in [-0.39, 0.29) is 24.0 Å². The Morgan fingerprint density at radius 1 is 1.19 bits per heavy atom. The van der Waals surface area contributed by atoms with Crippen molar-refractivity contribution in [3.05, 3.63) is 58.1 Å². The summed E-state index contributed by atoms with van der Waals surface area (Å²) in [6, 6.07) is 11.6. The van der Waals surface area contributed by atoms with Crippen molar-refractivity contribution < 1.29 is 19.2 Å². The van der Waals surface area contributed by atoms with E-state index in [1.54, 1.807) is 0 Å². The summed E-state index contributed by atoms with van der Waals surface area (Å²) in [6.45, 7) is 3.98. The molecule has 0 heterocycles. The highest BCUT2D eigenvalue weighted by Crippen LogP contribution is 2.31. The van der Waals surface area contributed by atoms with Crippen LogP contribution in [0.3, 0.4) is 0 Å². The molecule has 2 aromatic rings. The van der Waals surface area contributed by atoms with E-state index >= 15 is 0 Å². The minimum absolute atomic E-state index is 0.137. The molecule has 2 rings (SSSR count). The van der Waals surface area contributed by atoms with Gasteiger partial charge in [-0.15, -0.1) is 0 Å². The van der Waals surface area contributed by atoms with Crippen LogP contribution >= 0.6 is 0 Å². The van der Waals surface area contributed by atoms with Crippen LogP contribution < -0.4 is 14.8 Å². The van der Waals surface area contributed by atoms with E-state index in [4.69, 9.17) is 9.47 Å². The normalized spacial score (nSPS) is 11.5. The summed E-state index contributed by atoms with van der Waals surface area (Å²) in [4.78, 5) is 22.4. The molecule has 0 fully saturated rings. The summed E-state index contributed by atoms with van der Waals surface area (Å²) in [5, 5.41) is 13.6. The number of carbonyl (C=O) groups is 1. The van der Waals surface area contributed by atoms with Gasteiger partial charge < -0.3 is 14.8 Å². The lowest BCUT2D eigenvalue weighted by Crippen LogP contribution is -2.20.